The number of unbranched alkanes of at least 4 members (excludes halogenated alkanes) is 2. The molecule has 2 heterocycles. The van der Waals surface area contributed by atoms with E-state index < -0.39 is 6.04 Å². The van der Waals surface area contributed by atoms with Crippen molar-refractivity contribution in [3.05, 3.63) is 98.4 Å². The van der Waals surface area contributed by atoms with Gasteiger partial charge in [-0.3, -0.25) is 9.59 Å². The molecule has 4 aromatic rings. The smallest absolute Gasteiger partial charge is 0.290 e. The van der Waals surface area contributed by atoms with Crippen molar-refractivity contribution in [3.63, 3.8) is 0 Å². The average Bonchev–Trinajstić information content (AvgIpc) is 3.25. The highest BCUT2D eigenvalue weighted by atomic mass is 16.5. The predicted molar refractivity (Wildman–Crippen MR) is 160 cm³/mol. The number of rotatable bonds is 11. The van der Waals surface area contributed by atoms with Gasteiger partial charge in [-0.15, -0.1) is 0 Å². The van der Waals surface area contributed by atoms with Crippen LogP contribution in [0, 0.1) is 13.8 Å². The van der Waals surface area contributed by atoms with Gasteiger partial charge in [0.2, 0.25) is 5.76 Å². The van der Waals surface area contributed by atoms with E-state index in [2.05, 4.69) is 6.92 Å². The summed E-state index contributed by atoms with van der Waals surface area (Å²) in [5.74, 6) is 1.86. The average molecular weight is 556 g/mol. The summed E-state index contributed by atoms with van der Waals surface area (Å²) in [6, 6.07) is 16.6. The van der Waals surface area contributed by atoms with Crippen molar-refractivity contribution in [2.75, 3.05) is 27.4 Å². The van der Waals surface area contributed by atoms with Crippen molar-refractivity contribution in [1.29, 1.82) is 0 Å². The molecule has 7 heteroatoms. The summed E-state index contributed by atoms with van der Waals surface area (Å²) >= 11 is 0. The SMILES string of the molecule is CCCCCOc1ccc(C2c3c(oc4cc(C)cc(C)c4c3=O)C(=O)N2CCc2ccc(OC)c(OC)c2)cc1. The molecule has 5 rings (SSSR count). The molecule has 1 amide bonds. The van der Waals surface area contributed by atoms with E-state index in [1.807, 2.05) is 68.4 Å². The number of hydrogen-bond donors (Lipinski definition) is 0. The first-order chi connectivity index (χ1) is 19.9. The number of nitrogens with zero attached hydrogens (tertiary/aromatic N) is 1. The van der Waals surface area contributed by atoms with Crippen LogP contribution in [0.15, 0.2) is 63.8 Å². The highest BCUT2D eigenvalue weighted by Crippen LogP contribution is 2.39. The highest BCUT2D eigenvalue weighted by Gasteiger charge is 2.42. The van der Waals surface area contributed by atoms with Crippen LogP contribution in [-0.2, 0) is 6.42 Å². The van der Waals surface area contributed by atoms with Gasteiger partial charge in [0.15, 0.2) is 16.9 Å². The second-order valence-electron chi connectivity index (χ2n) is 10.6. The summed E-state index contributed by atoms with van der Waals surface area (Å²) in [6.07, 6.45) is 3.81. The maximum absolute atomic E-state index is 14.0. The molecular formula is C34H37NO6. The van der Waals surface area contributed by atoms with Gasteiger partial charge in [0.05, 0.1) is 37.8 Å². The molecule has 7 nitrogen and oxygen atoms in total. The Hall–Kier alpha value is -4.26. The van der Waals surface area contributed by atoms with Crippen molar-refractivity contribution >= 4 is 16.9 Å². The van der Waals surface area contributed by atoms with Crippen LogP contribution in [0.1, 0.15) is 70.6 Å². The zero-order chi connectivity index (χ0) is 29.1. The van der Waals surface area contributed by atoms with E-state index in [-0.39, 0.29) is 17.1 Å². The van der Waals surface area contributed by atoms with E-state index in [0.717, 1.165) is 47.3 Å². The van der Waals surface area contributed by atoms with Gasteiger partial charge in [-0.1, -0.05) is 44.0 Å². The summed E-state index contributed by atoms with van der Waals surface area (Å²) < 4.78 is 23.0. The molecule has 0 saturated carbocycles. The molecule has 0 aliphatic carbocycles. The zero-order valence-corrected chi connectivity index (χ0v) is 24.4. The minimum Gasteiger partial charge on any atom is -0.494 e. The van der Waals surface area contributed by atoms with Crippen LogP contribution in [0.4, 0.5) is 0 Å². The van der Waals surface area contributed by atoms with Gasteiger partial charge < -0.3 is 23.5 Å². The topological polar surface area (TPSA) is 78.2 Å². The lowest BCUT2D eigenvalue weighted by atomic mass is 9.96. The van der Waals surface area contributed by atoms with Crippen molar-refractivity contribution in [2.24, 2.45) is 0 Å². The first-order valence-electron chi connectivity index (χ1n) is 14.2. The molecule has 1 unspecified atom stereocenters. The Kier molecular flexibility index (Phi) is 8.34. The quantitative estimate of drug-likeness (QED) is 0.190. The predicted octanol–water partition coefficient (Wildman–Crippen LogP) is 6.78. The number of benzene rings is 3. The molecule has 214 valence electrons. The van der Waals surface area contributed by atoms with Crippen LogP contribution in [0.25, 0.3) is 11.0 Å². The molecule has 0 radical (unpaired) electrons. The number of carbonyl (C=O) groups excluding carboxylic acids is 1. The second kappa shape index (κ2) is 12.1. The van der Waals surface area contributed by atoms with Crippen molar-refractivity contribution in [2.45, 2.75) is 52.5 Å². The standard InChI is InChI=1S/C34H37NO6/c1-6-7-8-17-40-25-12-10-24(11-13-25)31-30-32(36)29-22(3)18-21(2)19-28(29)41-33(30)34(37)35(31)16-15-23-9-14-26(38-4)27(20-23)39-5/h9-14,18-20,31H,6-8,15-17H2,1-5H3. The van der Waals surface area contributed by atoms with E-state index in [4.69, 9.17) is 18.6 Å². The van der Waals surface area contributed by atoms with Gasteiger partial charge >= 0.3 is 0 Å². The molecule has 1 aliphatic heterocycles. The maximum atomic E-state index is 14.0. The lowest BCUT2D eigenvalue weighted by Crippen LogP contribution is -2.31. The van der Waals surface area contributed by atoms with Gasteiger partial charge in [-0.2, -0.15) is 0 Å². The molecular weight excluding hydrogens is 518 g/mol. The Balaban J connectivity index is 1.53. The van der Waals surface area contributed by atoms with Crippen LogP contribution >= 0.6 is 0 Å². The van der Waals surface area contributed by atoms with Crippen LogP contribution < -0.4 is 19.6 Å². The fraction of sp³-hybridized carbons (Fsp3) is 0.353. The molecule has 0 saturated heterocycles. The second-order valence-corrected chi connectivity index (χ2v) is 10.6. The fourth-order valence-electron chi connectivity index (χ4n) is 5.66. The van der Waals surface area contributed by atoms with Crippen LogP contribution in [0.5, 0.6) is 17.2 Å². The Labute approximate surface area is 240 Å². The number of methoxy groups -OCH3 is 2. The minimum atomic E-state index is -0.576. The van der Waals surface area contributed by atoms with Crippen molar-refractivity contribution in [3.8, 4) is 17.2 Å². The number of hydrogen-bond acceptors (Lipinski definition) is 6. The van der Waals surface area contributed by atoms with Crippen LogP contribution in [-0.4, -0.2) is 38.2 Å². The van der Waals surface area contributed by atoms with Crippen LogP contribution in [0.3, 0.4) is 0 Å². The van der Waals surface area contributed by atoms with E-state index in [0.29, 0.717) is 47.6 Å². The third-order valence-electron chi connectivity index (χ3n) is 7.71. The fourth-order valence-corrected chi connectivity index (χ4v) is 5.66. The van der Waals surface area contributed by atoms with Crippen molar-refractivity contribution < 1.29 is 23.4 Å². The van der Waals surface area contributed by atoms with Gasteiger partial charge in [-0.05, 0) is 79.3 Å². The molecule has 0 fully saturated rings. The number of aryl methyl sites for hydroxylation is 2. The normalized spacial score (nSPS) is 14.4. The summed E-state index contributed by atoms with van der Waals surface area (Å²) in [5.41, 5.74) is 4.29. The van der Waals surface area contributed by atoms with E-state index in [9.17, 15) is 9.59 Å². The minimum absolute atomic E-state index is 0.115. The molecule has 1 atom stereocenters. The number of ether oxygens (including phenoxy) is 3. The van der Waals surface area contributed by atoms with E-state index in [1.54, 1.807) is 19.1 Å². The molecule has 0 spiro atoms. The highest BCUT2D eigenvalue weighted by molar-refractivity contribution is 5.99. The third kappa shape index (κ3) is 5.53. The number of carbonyl (C=O) groups is 1. The number of amides is 1. The monoisotopic (exact) mass is 555 g/mol. The molecule has 41 heavy (non-hydrogen) atoms. The molecule has 1 aliphatic rings. The van der Waals surface area contributed by atoms with E-state index in [1.165, 1.54) is 0 Å². The largest absolute Gasteiger partial charge is 0.494 e. The Morgan fingerprint density at radius 1 is 0.902 bits per heavy atom. The Morgan fingerprint density at radius 3 is 2.37 bits per heavy atom. The Morgan fingerprint density at radius 2 is 1.66 bits per heavy atom. The van der Waals surface area contributed by atoms with Crippen molar-refractivity contribution in [1.82, 2.24) is 4.90 Å². The van der Waals surface area contributed by atoms with Gasteiger partial charge in [0.1, 0.15) is 11.3 Å². The molecule has 1 aromatic heterocycles. The Bertz CT molecular complexity index is 1620. The first kappa shape index (κ1) is 28.3. The third-order valence-corrected chi connectivity index (χ3v) is 7.71. The number of fused-ring (bicyclic) bond motifs is 2. The summed E-state index contributed by atoms with van der Waals surface area (Å²) in [5, 5.41) is 0.518. The zero-order valence-electron chi connectivity index (χ0n) is 24.4. The first-order valence-corrected chi connectivity index (χ1v) is 14.2. The van der Waals surface area contributed by atoms with E-state index >= 15 is 0 Å². The van der Waals surface area contributed by atoms with Gasteiger partial charge in [0, 0.05) is 6.54 Å². The lowest BCUT2D eigenvalue weighted by Gasteiger charge is -2.25. The maximum Gasteiger partial charge on any atom is 0.290 e. The molecule has 3 aromatic carbocycles. The van der Waals surface area contributed by atoms with Gasteiger partial charge in [0.25, 0.3) is 5.91 Å². The lowest BCUT2D eigenvalue weighted by molar-refractivity contribution is 0.0730. The summed E-state index contributed by atoms with van der Waals surface area (Å²) in [6.45, 7) is 7.06. The van der Waals surface area contributed by atoms with Crippen LogP contribution in [0.2, 0.25) is 0 Å². The summed E-state index contributed by atoms with van der Waals surface area (Å²) in [7, 11) is 3.20. The summed E-state index contributed by atoms with van der Waals surface area (Å²) in [4.78, 5) is 29.7. The molecule has 0 bridgehead atoms. The molecule has 0 N–H and O–H groups in total. The van der Waals surface area contributed by atoms with Gasteiger partial charge in [-0.25, -0.2) is 0 Å².